The smallest absolute Gasteiger partial charge is 0.0953 e. The van der Waals surface area contributed by atoms with E-state index in [-0.39, 0.29) is 6.04 Å². The van der Waals surface area contributed by atoms with Crippen LogP contribution >= 0.6 is 0 Å². The highest BCUT2D eigenvalue weighted by molar-refractivity contribution is 5.26. The molecule has 0 fully saturated rings. The summed E-state index contributed by atoms with van der Waals surface area (Å²) in [6, 6.07) is 6.08. The molecule has 14 heavy (non-hydrogen) atoms. The number of aromatic nitrogens is 1. The van der Waals surface area contributed by atoms with Gasteiger partial charge in [0.25, 0.3) is 0 Å². The number of hydrogen-bond donors (Lipinski definition) is 1. The van der Waals surface area contributed by atoms with Crippen molar-refractivity contribution < 1.29 is 4.42 Å². The summed E-state index contributed by atoms with van der Waals surface area (Å²) in [6.07, 6.45) is 7.05. The molecule has 0 amide bonds. The van der Waals surface area contributed by atoms with Gasteiger partial charge in [-0.2, -0.15) is 0 Å². The van der Waals surface area contributed by atoms with Crippen LogP contribution in [0, 0.1) is 0 Å². The number of nitrogens with zero attached hydrogens (tertiary/aromatic N) is 1. The first-order chi connectivity index (χ1) is 6.92. The normalized spacial score (nSPS) is 12.6. The predicted octanol–water partition coefficient (Wildman–Crippen LogP) is 1.98. The van der Waals surface area contributed by atoms with Crippen molar-refractivity contribution >= 4 is 0 Å². The molecule has 0 aromatic carbocycles. The molecule has 72 valence electrons. The van der Waals surface area contributed by atoms with Crippen molar-refractivity contribution in [1.29, 1.82) is 0 Å². The third kappa shape index (κ3) is 1.67. The minimum atomic E-state index is 0.155. The highest BCUT2D eigenvalue weighted by atomic mass is 16.3. The predicted molar refractivity (Wildman–Crippen MR) is 53.8 cm³/mol. The molecule has 0 radical (unpaired) electrons. The minimum absolute atomic E-state index is 0.155. The molecule has 2 aromatic heterocycles. The van der Waals surface area contributed by atoms with Crippen LogP contribution in [0.3, 0.4) is 0 Å². The molecule has 3 nitrogen and oxygen atoms in total. The second-order valence-corrected chi connectivity index (χ2v) is 3.06. The molecular weight excluding hydrogens is 176 g/mol. The summed E-state index contributed by atoms with van der Waals surface area (Å²) < 4.78 is 5.06. The molecule has 3 heteroatoms. The maximum Gasteiger partial charge on any atom is 0.0953 e. The average molecular weight is 188 g/mol. The molecular formula is C11H12N2O. The van der Waals surface area contributed by atoms with Crippen molar-refractivity contribution in [1.82, 2.24) is 10.3 Å². The van der Waals surface area contributed by atoms with Crippen molar-refractivity contribution in [3.05, 3.63) is 54.2 Å². The van der Waals surface area contributed by atoms with Crippen LogP contribution < -0.4 is 5.32 Å². The lowest BCUT2D eigenvalue weighted by Gasteiger charge is -2.13. The van der Waals surface area contributed by atoms with E-state index in [1.807, 2.05) is 31.4 Å². The average Bonchev–Trinajstić information content (AvgIpc) is 2.74. The molecule has 1 N–H and O–H groups in total. The van der Waals surface area contributed by atoms with Crippen molar-refractivity contribution in [3.63, 3.8) is 0 Å². The molecule has 2 aromatic rings. The van der Waals surface area contributed by atoms with Crippen molar-refractivity contribution in [3.8, 4) is 0 Å². The van der Waals surface area contributed by atoms with Crippen LogP contribution in [0.4, 0.5) is 0 Å². The summed E-state index contributed by atoms with van der Waals surface area (Å²) in [5, 5.41) is 3.22. The second-order valence-electron chi connectivity index (χ2n) is 3.06. The molecule has 0 bridgehead atoms. The number of pyridine rings is 1. The molecule has 1 atom stereocenters. The Kier molecular flexibility index (Phi) is 2.60. The molecule has 0 saturated carbocycles. The third-order valence-corrected chi connectivity index (χ3v) is 2.18. The first-order valence-electron chi connectivity index (χ1n) is 4.51. The Balaban J connectivity index is 2.31. The van der Waals surface area contributed by atoms with Crippen LogP contribution in [0.1, 0.15) is 17.2 Å². The van der Waals surface area contributed by atoms with E-state index >= 15 is 0 Å². The van der Waals surface area contributed by atoms with Crippen molar-refractivity contribution in [2.45, 2.75) is 6.04 Å². The fourth-order valence-corrected chi connectivity index (χ4v) is 1.51. The van der Waals surface area contributed by atoms with Crippen LogP contribution in [-0.4, -0.2) is 12.0 Å². The molecule has 0 aliphatic carbocycles. The van der Waals surface area contributed by atoms with Gasteiger partial charge >= 0.3 is 0 Å². The summed E-state index contributed by atoms with van der Waals surface area (Å²) in [6.45, 7) is 0. The summed E-state index contributed by atoms with van der Waals surface area (Å²) in [4.78, 5) is 4.09. The summed E-state index contributed by atoms with van der Waals surface area (Å²) in [5.74, 6) is 0. The monoisotopic (exact) mass is 188 g/mol. The zero-order valence-corrected chi connectivity index (χ0v) is 7.97. The Bertz CT molecular complexity index is 369. The molecule has 0 spiro atoms. The van der Waals surface area contributed by atoms with E-state index < -0.39 is 0 Å². The van der Waals surface area contributed by atoms with E-state index in [1.54, 1.807) is 18.7 Å². The Morgan fingerprint density at radius 3 is 2.86 bits per heavy atom. The van der Waals surface area contributed by atoms with Gasteiger partial charge in [0.2, 0.25) is 0 Å². The first kappa shape index (κ1) is 8.97. The van der Waals surface area contributed by atoms with Gasteiger partial charge in [-0.3, -0.25) is 4.98 Å². The molecule has 2 rings (SSSR count). The van der Waals surface area contributed by atoms with Crippen LogP contribution in [0.5, 0.6) is 0 Å². The lowest BCUT2D eigenvalue weighted by atomic mass is 10.0. The van der Waals surface area contributed by atoms with Gasteiger partial charge in [-0.05, 0) is 24.7 Å². The fourth-order valence-electron chi connectivity index (χ4n) is 1.51. The summed E-state index contributed by atoms with van der Waals surface area (Å²) >= 11 is 0. The number of hydrogen-bond acceptors (Lipinski definition) is 3. The van der Waals surface area contributed by atoms with Gasteiger partial charge in [-0.1, -0.05) is 6.07 Å². The first-order valence-corrected chi connectivity index (χ1v) is 4.51. The van der Waals surface area contributed by atoms with Gasteiger partial charge in [-0.25, -0.2) is 0 Å². The van der Waals surface area contributed by atoms with E-state index in [9.17, 15) is 0 Å². The standard InChI is InChI=1S/C11H12N2O/c1-12-11(10-4-6-14-8-10)9-3-2-5-13-7-9/h2-8,11-12H,1H3. The maximum atomic E-state index is 5.06. The third-order valence-electron chi connectivity index (χ3n) is 2.18. The largest absolute Gasteiger partial charge is 0.472 e. The van der Waals surface area contributed by atoms with Crippen LogP contribution in [0.15, 0.2) is 47.5 Å². The van der Waals surface area contributed by atoms with Gasteiger partial charge in [0.15, 0.2) is 0 Å². The number of furan rings is 1. The highest BCUT2D eigenvalue weighted by Gasteiger charge is 2.12. The molecule has 0 aliphatic heterocycles. The zero-order chi connectivity index (χ0) is 9.80. The van der Waals surface area contributed by atoms with E-state index in [0.29, 0.717) is 0 Å². The minimum Gasteiger partial charge on any atom is -0.472 e. The van der Waals surface area contributed by atoms with E-state index in [1.165, 1.54) is 0 Å². The van der Waals surface area contributed by atoms with Gasteiger partial charge in [0, 0.05) is 18.0 Å². The van der Waals surface area contributed by atoms with Crippen LogP contribution in [-0.2, 0) is 0 Å². The quantitative estimate of drug-likeness (QED) is 0.800. The molecule has 0 saturated heterocycles. The van der Waals surface area contributed by atoms with Gasteiger partial charge in [0.1, 0.15) is 0 Å². The Morgan fingerprint density at radius 2 is 2.29 bits per heavy atom. The van der Waals surface area contributed by atoms with E-state index in [2.05, 4.69) is 10.3 Å². The zero-order valence-electron chi connectivity index (χ0n) is 7.97. The Hall–Kier alpha value is -1.61. The Morgan fingerprint density at radius 1 is 1.36 bits per heavy atom. The second kappa shape index (κ2) is 4.07. The number of nitrogens with one attached hydrogen (secondary N) is 1. The van der Waals surface area contributed by atoms with Crippen LogP contribution in [0.2, 0.25) is 0 Å². The molecule has 0 aliphatic rings. The highest BCUT2D eigenvalue weighted by Crippen LogP contribution is 2.20. The van der Waals surface area contributed by atoms with Crippen molar-refractivity contribution in [2.75, 3.05) is 7.05 Å². The molecule has 2 heterocycles. The summed E-state index contributed by atoms with van der Waals surface area (Å²) in [7, 11) is 1.92. The van der Waals surface area contributed by atoms with Gasteiger partial charge < -0.3 is 9.73 Å². The molecule has 1 unspecified atom stereocenters. The topological polar surface area (TPSA) is 38.1 Å². The summed E-state index contributed by atoms with van der Waals surface area (Å²) in [5.41, 5.74) is 2.25. The van der Waals surface area contributed by atoms with E-state index in [0.717, 1.165) is 11.1 Å². The fraction of sp³-hybridized carbons (Fsp3) is 0.182. The number of rotatable bonds is 3. The lowest BCUT2D eigenvalue weighted by Crippen LogP contribution is -2.16. The van der Waals surface area contributed by atoms with E-state index in [4.69, 9.17) is 4.42 Å². The van der Waals surface area contributed by atoms with Gasteiger partial charge in [0.05, 0.1) is 18.6 Å². The SMILES string of the molecule is CNC(c1cccnc1)c1ccoc1. The van der Waals surface area contributed by atoms with Crippen molar-refractivity contribution in [2.24, 2.45) is 0 Å². The van der Waals surface area contributed by atoms with Crippen LogP contribution in [0.25, 0.3) is 0 Å². The maximum absolute atomic E-state index is 5.06. The van der Waals surface area contributed by atoms with Gasteiger partial charge in [-0.15, -0.1) is 0 Å². The lowest BCUT2D eigenvalue weighted by molar-refractivity contribution is 0.557. The Labute approximate surface area is 82.8 Å².